The fourth-order valence-corrected chi connectivity index (χ4v) is 5.03. The summed E-state index contributed by atoms with van der Waals surface area (Å²) in [6.07, 6.45) is 15.8. The molecule has 0 bridgehead atoms. The van der Waals surface area contributed by atoms with Crippen LogP contribution in [0, 0.1) is 0 Å². The van der Waals surface area contributed by atoms with Gasteiger partial charge in [-0.1, -0.05) is 18.2 Å². The molecule has 0 unspecified atom stereocenters. The van der Waals surface area contributed by atoms with Crippen molar-refractivity contribution in [2.24, 2.45) is 0 Å². The van der Waals surface area contributed by atoms with Gasteiger partial charge in [0, 0.05) is 60.1 Å². The second-order valence-electron chi connectivity index (χ2n) is 9.58. The highest BCUT2D eigenvalue weighted by Gasteiger charge is 2.19. The van der Waals surface area contributed by atoms with E-state index in [1.165, 1.54) is 0 Å². The van der Waals surface area contributed by atoms with Crippen molar-refractivity contribution in [1.82, 2.24) is 39.7 Å². The molecule has 6 rings (SSSR count). The number of aromatic nitrogens is 6. The van der Waals surface area contributed by atoms with Gasteiger partial charge in [0.05, 0.1) is 18.4 Å². The van der Waals surface area contributed by atoms with E-state index in [1.807, 2.05) is 47.9 Å². The van der Waals surface area contributed by atoms with Crippen LogP contribution in [0.15, 0.2) is 61.4 Å². The van der Waals surface area contributed by atoms with Crippen LogP contribution in [0.1, 0.15) is 31.7 Å². The van der Waals surface area contributed by atoms with Gasteiger partial charge >= 0.3 is 0 Å². The molecular weight excluding hydrogens is 488 g/mol. The van der Waals surface area contributed by atoms with Crippen LogP contribution in [0.3, 0.4) is 0 Å². The minimum atomic E-state index is 0. The molecule has 192 valence electrons. The number of hydrogen-bond acceptors (Lipinski definition) is 6. The maximum atomic E-state index is 12.5. The Bertz CT molecular complexity index is 1340. The highest BCUT2D eigenvalue weighted by molar-refractivity contribution is 5.85. The molecular formula is C27H31ClN8O. The van der Waals surface area contributed by atoms with Crippen LogP contribution < -0.4 is 5.32 Å². The molecule has 0 atom stereocenters. The summed E-state index contributed by atoms with van der Waals surface area (Å²) in [6.45, 7) is 4.06. The molecule has 0 saturated carbocycles. The molecule has 10 heteroatoms. The van der Waals surface area contributed by atoms with Crippen molar-refractivity contribution in [2.75, 3.05) is 26.2 Å². The first-order valence-corrected chi connectivity index (χ1v) is 12.7. The van der Waals surface area contributed by atoms with Gasteiger partial charge in [0.1, 0.15) is 6.54 Å². The number of rotatable bonds is 6. The molecule has 1 aromatic carbocycles. The van der Waals surface area contributed by atoms with E-state index in [4.69, 9.17) is 0 Å². The third-order valence-electron chi connectivity index (χ3n) is 7.11. The van der Waals surface area contributed by atoms with E-state index in [-0.39, 0.29) is 24.9 Å². The third kappa shape index (κ3) is 5.57. The topological polar surface area (TPSA) is 93.8 Å². The summed E-state index contributed by atoms with van der Waals surface area (Å²) >= 11 is 0. The number of halogens is 1. The largest absolute Gasteiger partial charge is 0.341 e. The molecule has 1 N–H and O–H groups in total. The first-order valence-electron chi connectivity index (χ1n) is 12.7. The maximum Gasteiger partial charge on any atom is 0.244 e. The van der Waals surface area contributed by atoms with Crippen molar-refractivity contribution in [1.29, 1.82) is 0 Å². The molecule has 1 amide bonds. The second-order valence-corrected chi connectivity index (χ2v) is 9.58. The number of carbonyl (C=O) groups excluding carboxylic acids is 1. The fourth-order valence-electron chi connectivity index (χ4n) is 5.03. The molecule has 37 heavy (non-hydrogen) atoms. The summed E-state index contributed by atoms with van der Waals surface area (Å²) in [5.41, 5.74) is 4.91. The lowest BCUT2D eigenvalue weighted by atomic mass is 10.1. The number of nitrogens with zero attached hydrogens (tertiary/aromatic N) is 7. The van der Waals surface area contributed by atoms with Gasteiger partial charge in [-0.3, -0.25) is 14.2 Å². The second kappa shape index (κ2) is 11.2. The zero-order chi connectivity index (χ0) is 24.3. The van der Waals surface area contributed by atoms with Crippen LogP contribution in [-0.4, -0.2) is 66.5 Å². The van der Waals surface area contributed by atoms with Crippen molar-refractivity contribution in [3.8, 4) is 33.6 Å². The number of benzene rings is 1. The molecule has 3 aromatic heterocycles. The van der Waals surface area contributed by atoms with Crippen LogP contribution in [-0.2, 0) is 11.3 Å². The fraction of sp³-hybridized carbons (Fsp3) is 0.370. The molecule has 9 nitrogen and oxygen atoms in total. The van der Waals surface area contributed by atoms with Crippen LogP contribution in [0.4, 0.5) is 0 Å². The molecule has 2 saturated heterocycles. The van der Waals surface area contributed by atoms with Crippen molar-refractivity contribution in [2.45, 2.75) is 38.3 Å². The Morgan fingerprint density at radius 1 is 0.865 bits per heavy atom. The number of hydrogen-bond donors (Lipinski definition) is 1. The Morgan fingerprint density at radius 3 is 2.35 bits per heavy atom. The van der Waals surface area contributed by atoms with Gasteiger partial charge in [-0.2, -0.15) is 10.2 Å². The maximum absolute atomic E-state index is 12.5. The molecule has 5 heterocycles. The number of likely N-dealkylation sites (tertiary alicyclic amines) is 1. The molecule has 2 aliphatic heterocycles. The Labute approximate surface area is 222 Å². The van der Waals surface area contributed by atoms with Crippen LogP contribution in [0.5, 0.6) is 0 Å². The highest BCUT2D eigenvalue weighted by Crippen LogP contribution is 2.26. The van der Waals surface area contributed by atoms with E-state index < -0.39 is 0 Å². The summed E-state index contributed by atoms with van der Waals surface area (Å²) in [7, 11) is 0. The van der Waals surface area contributed by atoms with Gasteiger partial charge in [0.2, 0.25) is 5.91 Å². The first-order chi connectivity index (χ1) is 17.7. The van der Waals surface area contributed by atoms with Crippen molar-refractivity contribution >= 4 is 18.3 Å². The monoisotopic (exact) mass is 518 g/mol. The first kappa shape index (κ1) is 25.1. The van der Waals surface area contributed by atoms with E-state index >= 15 is 0 Å². The summed E-state index contributed by atoms with van der Waals surface area (Å²) < 4.78 is 3.80. The van der Waals surface area contributed by atoms with Crippen LogP contribution in [0.25, 0.3) is 33.6 Å². The molecule has 2 aliphatic rings. The quantitative estimate of drug-likeness (QED) is 0.417. The molecule has 4 aromatic rings. The SMILES string of the molecule is Cl.O=C(Cn1cc(-c2cccc(-c3ncc(-c4cnn(C5CCNCC5)c4)cn3)c2)cn1)N1CCCC1. The lowest BCUT2D eigenvalue weighted by Gasteiger charge is -2.22. The van der Waals surface area contributed by atoms with Gasteiger partial charge in [-0.05, 0) is 50.4 Å². The van der Waals surface area contributed by atoms with Gasteiger partial charge in [0.15, 0.2) is 5.82 Å². The predicted octanol–water partition coefficient (Wildman–Crippen LogP) is 3.84. The smallest absolute Gasteiger partial charge is 0.244 e. The Kier molecular flexibility index (Phi) is 7.62. The summed E-state index contributed by atoms with van der Waals surface area (Å²) in [4.78, 5) is 23.7. The van der Waals surface area contributed by atoms with Crippen molar-refractivity contribution < 1.29 is 4.79 Å². The Morgan fingerprint density at radius 2 is 1.57 bits per heavy atom. The van der Waals surface area contributed by atoms with Crippen LogP contribution >= 0.6 is 12.4 Å². The van der Waals surface area contributed by atoms with Crippen molar-refractivity contribution in [3.05, 3.63) is 61.4 Å². The zero-order valence-corrected chi connectivity index (χ0v) is 21.5. The van der Waals surface area contributed by atoms with Crippen molar-refractivity contribution in [3.63, 3.8) is 0 Å². The molecule has 0 spiro atoms. The van der Waals surface area contributed by atoms with Crippen LogP contribution in [0.2, 0.25) is 0 Å². The molecule has 2 fully saturated rings. The average molecular weight is 519 g/mol. The Hall–Kier alpha value is -3.56. The minimum Gasteiger partial charge on any atom is -0.341 e. The predicted molar refractivity (Wildman–Crippen MR) is 144 cm³/mol. The highest BCUT2D eigenvalue weighted by atomic mass is 35.5. The van der Waals surface area contributed by atoms with E-state index in [0.29, 0.717) is 11.9 Å². The minimum absolute atomic E-state index is 0. The number of piperidine rings is 1. The number of nitrogens with one attached hydrogen (secondary N) is 1. The molecule has 0 radical (unpaired) electrons. The zero-order valence-electron chi connectivity index (χ0n) is 20.7. The van der Waals surface area contributed by atoms with Gasteiger partial charge in [0.25, 0.3) is 0 Å². The number of amides is 1. The third-order valence-corrected chi connectivity index (χ3v) is 7.11. The van der Waals surface area contributed by atoms with E-state index in [2.05, 4.69) is 42.4 Å². The average Bonchev–Trinajstić information content (AvgIpc) is 3.72. The molecule has 0 aliphatic carbocycles. The van der Waals surface area contributed by atoms with E-state index in [9.17, 15) is 4.79 Å². The lowest BCUT2D eigenvalue weighted by molar-refractivity contribution is -0.130. The van der Waals surface area contributed by atoms with Gasteiger partial charge < -0.3 is 10.2 Å². The lowest BCUT2D eigenvalue weighted by Crippen LogP contribution is -2.31. The summed E-state index contributed by atoms with van der Waals surface area (Å²) in [5, 5.41) is 12.4. The van der Waals surface area contributed by atoms with Gasteiger partial charge in [-0.15, -0.1) is 12.4 Å². The summed E-state index contributed by atoms with van der Waals surface area (Å²) in [6, 6.07) is 8.56. The normalized spacial score (nSPS) is 16.1. The van der Waals surface area contributed by atoms with Gasteiger partial charge in [-0.25, -0.2) is 9.97 Å². The number of carbonyl (C=O) groups is 1. The standard InChI is InChI=1S/C27H30N8O.ClH/c36-26(33-10-1-2-11-33)19-34-17-23(15-31-34)20-4-3-5-21(12-20)27-29-13-22(14-30-27)24-16-32-35(18-24)25-6-8-28-9-7-25;/h3-5,12-18,25,28H,1-2,6-11,19H2;1H. The van der Waals surface area contributed by atoms with E-state index in [0.717, 1.165) is 79.7 Å². The van der Waals surface area contributed by atoms with E-state index in [1.54, 1.807) is 10.9 Å². The Balaban J connectivity index is 0.00000280. The summed E-state index contributed by atoms with van der Waals surface area (Å²) in [5.74, 6) is 0.800.